The topological polar surface area (TPSA) is 59.0 Å². The van der Waals surface area contributed by atoms with E-state index in [1.54, 1.807) is 0 Å². The van der Waals surface area contributed by atoms with E-state index in [-0.39, 0.29) is 19.3 Å². The maximum Gasteiger partial charge on any atom is 0.304 e. The van der Waals surface area contributed by atoms with Crippen LogP contribution in [0, 0.1) is 0 Å². The number of aliphatic carboxylic acids is 1. The van der Waals surface area contributed by atoms with Crippen LogP contribution in [0.5, 0.6) is 11.5 Å². The minimum atomic E-state index is -0.729. The van der Waals surface area contributed by atoms with Crippen molar-refractivity contribution >= 4 is 17.7 Å². The monoisotopic (exact) mass is 295 g/mol. The van der Waals surface area contributed by atoms with Crippen molar-refractivity contribution in [1.82, 2.24) is 4.90 Å². The molecule has 2 aliphatic heterocycles. The van der Waals surface area contributed by atoms with E-state index < -0.39 is 5.97 Å². The van der Waals surface area contributed by atoms with Gasteiger partial charge in [0.05, 0.1) is 6.42 Å². The molecule has 5 nitrogen and oxygen atoms in total. The van der Waals surface area contributed by atoms with Crippen molar-refractivity contribution in [2.75, 3.05) is 24.8 Å². The van der Waals surface area contributed by atoms with Crippen LogP contribution in [0.15, 0.2) is 18.2 Å². The summed E-state index contributed by atoms with van der Waals surface area (Å²) in [6.45, 7) is 1.97. The molecule has 2 heterocycles. The first-order chi connectivity index (χ1) is 9.72. The largest absolute Gasteiger partial charge is 0.481 e. The standard InChI is InChI=1S/C14H17NO4S/c16-14(17)6-11-8-20-4-3-15(11)7-10-1-2-12-13(5-10)19-9-18-12/h1-2,5,11H,3-4,6-9H2,(H,16,17). The Labute approximate surface area is 121 Å². The number of benzene rings is 1. The lowest BCUT2D eigenvalue weighted by Gasteiger charge is -2.34. The molecule has 3 rings (SSSR count). The molecule has 0 bridgehead atoms. The van der Waals surface area contributed by atoms with E-state index in [2.05, 4.69) is 4.90 Å². The zero-order valence-corrected chi connectivity index (χ0v) is 11.9. The smallest absolute Gasteiger partial charge is 0.304 e. The number of hydrogen-bond donors (Lipinski definition) is 1. The maximum atomic E-state index is 10.9. The summed E-state index contributed by atoms with van der Waals surface area (Å²) in [6.07, 6.45) is 0.206. The van der Waals surface area contributed by atoms with Crippen LogP contribution in [-0.4, -0.2) is 46.9 Å². The van der Waals surface area contributed by atoms with E-state index in [9.17, 15) is 4.79 Å². The number of fused-ring (bicyclic) bond motifs is 1. The fourth-order valence-corrected chi connectivity index (χ4v) is 3.69. The van der Waals surface area contributed by atoms with Gasteiger partial charge >= 0.3 is 5.97 Å². The number of carbonyl (C=O) groups is 1. The second kappa shape index (κ2) is 5.93. The van der Waals surface area contributed by atoms with E-state index in [1.807, 2.05) is 30.0 Å². The summed E-state index contributed by atoms with van der Waals surface area (Å²) in [6, 6.07) is 6.04. The fraction of sp³-hybridized carbons (Fsp3) is 0.500. The van der Waals surface area contributed by atoms with Gasteiger partial charge in [0.25, 0.3) is 0 Å². The molecule has 1 atom stereocenters. The van der Waals surface area contributed by atoms with Gasteiger partial charge in [0.1, 0.15) is 0 Å². The third-order valence-electron chi connectivity index (χ3n) is 3.58. The van der Waals surface area contributed by atoms with Crippen LogP contribution in [0.4, 0.5) is 0 Å². The van der Waals surface area contributed by atoms with Crippen molar-refractivity contribution < 1.29 is 19.4 Å². The second-order valence-corrected chi connectivity index (χ2v) is 6.13. The Morgan fingerprint density at radius 2 is 2.25 bits per heavy atom. The summed E-state index contributed by atoms with van der Waals surface area (Å²) >= 11 is 1.83. The SMILES string of the molecule is O=C(O)CC1CSCCN1Cc1ccc2c(c1)OCO2. The minimum absolute atomic E-state index is 0.108. The molecule has 0 saturated carbocycles. The zero-order valence-electron chi connectivity index (χ0n) is 11.1. The number of rotatable bonds is 4. The van der Waals surface area contributed by atoms with Gasteiger partial charge in [-0.25, -0.2) is 0 Å². The summed E-state index contributed by atoms with van der Waals surface area (Å²) in [5.41, 5.74) is 1.14. The van der Waals surface area contributed by atoms with E-state index in [0.29, 0.717) is 0 Å². The third-order valence-corrected chi connectivity index (χ3v) is 4.67. The fourth-order valence-electron chi connectivity index (χ4n) is 2.56. The predicted octanol–water partition coefficient (Wildman–Crippen LogP) is 1.81. The average Bonchev–Trinajstić information content (AvgIpc) is 2.88. The van der Waals surface area contributed by atoms with Gasteiger partial charge in [-0.1, -0.05) is 6.07 Å². The molecule has 1 unspecified atom stereocenters. The van der Waals surface area contributed by atoms with Gasteiger partial charge in [-0.05, 0) is 17.7 Å². The van der Waals surface area contributed by atoms with E-state index in [0.717, 1.165) is 41.7 Å². The molecule has 6 heteroatoms. The summed E-state index contributed by atoms with van der Waals surface area (Å²) in [5, 5.41) is 9.00. The first-order valence-corrected chi connectivity index (χ1v) is 7.80. The summed E-state index contributed by atoms with van der Waals surface area (Å²) in [4.78, 5) is 13.2. The second-order valence-electron chi connectivity index (χ2n) is 4.98. The van der Waals surface area contributed by atoms with Gasteiger partial charge in [-0.3, -0.25) is 9.69 Å². The lowest BCUT2D eigenvalue weighted by atomic mass is 10.1. The molecule has 108 valence electrons. The third kappa shape index (κ3) is 3.02. The lowest BCUT2D eigenvalue weighted by molar-refractivity contribution is -0.138. The first-order valence-electron chi connectivity index (χ1n) is 6.64. The van der Waals surface area contributed by atoms with Crippen molar-refractivity contribution in [3.05, 3.63) is 23.8 Å². The number of carboxylic acid groups (broad SMARTS) is 1. The Kier molecular flexibility index (Phi) is 4.03. The normalized spacial score (nSPS) is 21.9. The number of thioether (sulfide) groups is 1. The summed E-state index contributed by atoms with van der Waals surface area (Å²) in [7, 11) is 0. The number of carboxylic acids is 1. The predicted molar refractivity (Wildman–Crippen MR) is 76.3 cm³/mol. The Morgan fingerprint density at radius 3 is 3.10 bits per heavy atom. The minimum Gasteiger partial charge on any atom is -0.481 e. The Balaban J connectivity index is 1.70. The molecule has 0 spiro atoms. The Bertz CT molecular complexity index is 508. The highest BCUT2D eigenvalue weighted by molar-refractivity contribution is 7.99. The number of ether oxygens (including phenoxy) is 2. The summed E-state index contributed by atoms with van der Waals surface area (Å²) in [5.74, 6) is 2.78. The Hall–Kier alpha value is -1.40. The van der Waals surface area contributed by atoms with Crippen LogP contribution in [0.2, 0.25) is 0 Å². The van der Waals surface area contributed by atoms with Gasteiger partial charge in [-0.2, -0.15) is 11.8 Å². The van der Waals surface area contributed by atoms with Gasteiger partial charge in [0.2, 0.25) is 6.79 Å². The molecule has 20 heavy (non-hydrogen) atoms. The van der Waals surface area contributed by atoms with Crippen molar-refractivity contribution in [2.45, 2.75) is 19.0 Å². The molecule has 1 fully saturated rings. The molecule has 1 aromatic carbocycles. The van der Waals surface area contributed by atoms with E-state index in [4.69, 9.17) is 14.6 Å². The molecule has 2 aliphatic rings. The van der Waals surface area contributed by atoms with Crippen LogP contribution in [-0.2, 0) is 11.3 Å². The Morgan fingerprint density at radius 1 is 1.40 bits per heavy atom. The van der Waals surface area contributed by atoms with E-state index >= 15 is 0 Å². The molecule has 1 saturated heterocycles. The highest BCUT2D eigenvalue weighted by atomic mass is 32.2. The first kappa shape index (κ1) is 13.6. The van der Waals surface area contributed by atoms with Crippen LogP contribution in [0.25, 0.3) is 0 Å². The van der Waals surface area contributed by atoms with Crippen LogP contribution < -0.4 is 9.47 Å². The lowest BCUT2D eigenvalue weighted by Crippen LogP contribution is -2.42. The van der Waals surface area contributed by atoms with Crippen molar-refractivity contribution in [1.29, 1.82) is 0 Å². The van der Waals surface area contributed by atoms with Gasteiger partial charge < -0.3 is 14.6 Å². The van der Waals surface area contributed by atoms with E-state index in [1.165, 1.54) is 0 Å². The van der Waals surface area contributed by atoms with Crippen molar-refractivity contribution in [3.63, 3.8) is 0 Å². The maximum absolute atomic E-state index is 10.9. The summed E-state index contributed by atoms with van der Waals surface area (Å²) < 4.78 is 10.7. The van der Waals surface area contributed by atoms with Gasteiger partial charge in [0.15, 0.2) is 11.5 Å². The molecule has 0 radical (unpaired) electrons. The molecular weight excluding hydrogens is 278 g/mol. The van der Waals surface area contributed by atoms with Gasteiger partial charge in [0, 0.05) is 30.6 Å². The number of nitrogens with zero attached hydrogens (tertiary/aromatic N) is 1. The molecule has 1 aromatic rings. The van der Waals surface area contributed by atoms with Crippen LogP contribution in [0.3, 0.4) is 0 Å². The molecule has 1 N–H and O–H groups in total. The average molecular weight is 295 g/mol. The van der Waals surface area contributed by atoms with Crippen molar-refractivity contribution in [2.24, 2.45) is 0 Å². The highest BCUT2D eigenvalue weighted by Gasteiger charge is 2.25. The van der Waals surface area contributed by atoms with Crippen LogP contribution >= 0.6 is 11.8 Å². The molecule has 0 amide bonds. The quantitative estimate of drug-likeness (QED) is 0.914. The van der Waals surface area contributed by atoms with Crippen molar-refractivity contribution in [3.8, 4) is 11.5 Å². The zero-order chi connectivity index (χ0) is 13.9. The number of hydrogen-bond acceptors (Lipinski definition) is 5. The van der Waals surface area contributed by atoms with Gasteiger partial charge in [-0.15, -0.1) is 0 Å². The molecule has 0 aliphatic carbocycles. The van der Waals surface area contributed by atoms with Crippen LogP contribution in [0.1, 0.15) is 12.0 Å². The molecule has 0 aromatic heterocycles. The molecular formula is C14H17NO4S. The highest BCUT2D eigenvalue weighted by Crippen LogP contribution is 2.33.